The van der Waals surface area contributed by atoms with Crippen LogP contribution in [0.2, 0.25) is 0 Å². The van der Waals surface area contributed by atoms with Crippen LogP contribution in [-0.2, 0) is 9.59 Å². The zero-order chi connectivity index (χ0) is 11.5. The number of fused-ring (bicyclic) bond motifs is 1. The van der Waals surface area contributed by atoms with Crippen LogP contribution in [0.1, 0.15) is 19.8 Å². The number of carbonyl (C=O) groups excluding carboxylic acids is 2. The van der Waals surface area contributed by atoms with Gasteiger partial charge in [-0.3, -0.25) is 14.5 Å². The van der Waals surface area contributed by atoms with Crippen LogP contribution in [0.3, 0.4) is 0 Å². The number of amides is 2. The first kappa shape index (κ1) is 11.3. The largest absolute Gasteiger partial charge is 0.315 e. The monoisotopic (exact) mass is 222 g/mol. The fourth-order valence-electron chi connectivity index (χ4n) is 2.46. The first-order valence-electron chi connectivity index (χ1n) is 5.96. The smallest absolute Gasteiger partial charge is 0.233 e. The molecule has 0 aromatic rings. The van der Waals surface area contributed by atoms with E-state index in [1.807, 2.05) is 19.1 Å². The molecule has 0 saturated carbocycles. The summed E-state index contributed by atoms with van der Waals surface area (Å²) in [4.78, 5) is 25.4. The summed E-state index contributed by atoms with van der Waals surface area (Å²) in [5, 5.41) is 3.14. The molecule has 4 heteroatoms. The van der Waals surface area contributed by atoms with E-state index in [0.717, 1.165) is 19.4 Å². The Labute approximate surface area is 95.7 Å². The van der Waals surface area contributed by atoms with Gasteiger partial charge in [0.25, 0.3) is 0 Å². The SMILES string of the molecule is CCNCCN1C(=O)[C@H]2CC=CC[C@H]2C1=O. The van der Waals surface area contributed by atoms with Crippen LogP contribution in [-0.4, -0.2) is 36.3 Å². The molecule has 1 heterocycles. The van der Waals surface area contributed by atoms with E-state index in [1.54, 1.807) is 0 Å². The molecule has 2 atom stereocenters. The minimum Gasteiger partial charge on any atom is -0.315 e. The maximum absolute atomic E-state index is 12.0. The highest BCUT2D eigenvalue weighted by molar-refractivity contribution is 6.05. The molecule has 0 bridgehead atoms. The van der Waals surface area contributed by atoms with Crippen molar-refractivity contribution in [1.82, 2.24) is 10.2 Å². The zero-order valence-corrected chi connectivity index (χ0v) is 9.61. The van der Waals surface area contributed by atoms with E-state index in [9.17, 15) is 9.59 Å². The van der Waals surface area contributed by atoms with Crippen LogP contribution in [0.15, 0.2) is 12.2 Å². The topological polar surface area (TPSA) is 49.4 Å². The summed E-state index contributed by atoms with van der Waals surface area (Å²) in [5.41, 5.74) is 0. The molecule has 4 nitrogen and oxygen atoms in total. The minimum atomic E-state index is -0.0841. The van der Waals surface area contributed by atoms with Crippen LogP contribution in [0.4, 0.5) is 0 Å². The molecule has 1 aliphatic heterocycles. The van der Waals surface area contributed by atoms with E-state index in [1.165, 1.54) is 4.90 Å². The predicted molar refractivity (Wildman–Crippen MR) is 60.6 cm³/mol. The van der Waals surface area contributed by atoms with Crippen molar-refractivity contribution in [1.29, 1.82) is 0 Å². The number of hydrogen-bond acceptors (Lipinski definition) is 3. The maximum Gasteiger partial charge on any atom is 0.233 e. The molecular weight excluding hydrogens is 204 g/mol. The van der Waals surface area contributed by atoms with Gasteiger partial charge in [-0.15, -0.1) is 0 Å². The van der Waals surface area contributed by atoms with Crippen molar-refractivity contribution in [3.63, 3.8) is 0 Å². The van der Waals surface area contributed by atoms with E-state index < -0.39 is 0 Å². The van der Waals surface area contributed by atoms with Gasteiger partial charge in [0, 0.05) is 13.1 Å². The number of nitrogens with one attached hydrogen (secondary N) is 1. The Bertz CT molecular complexity index is 299. The van der Waals surface area contributed by atoms with Crippen molar-refractivity contribution < 1.29 is 9.59 Å². The summed E-state index contributed by atoms with van der Waals surface area (Å²) in [6, 6.07) is 0. The third-order valence-corrected chi connectivity index (χ3v) is 3.36. The molecule has 0 radical (unpaired) electrons. The van der Waals surface area contributed by atoms with Crippen LogP contribution in [0, 0.1) is 11.8 Å². The first-order valence-corrected chi connectivity index (χ1v) is 5.96. The highest BCUT2D eigenvalue weighted by Crippen LogP contribution is 2.34. The third-order valence-electron chi connectivity index (χ3n) is 3.36. The van der Waals surface area contributed by atoms with E-state index in [-0.39, 0.29) is 23.7 Å². The fraction of sp³-hybridized carbons (Fsp3) is 0.667. The Morgan fingerprint density at radius 3 is 2.31 bits per heavy atom. The van der Waals surface area contributed by atoms with Crippen LogP contribution in [0.25, 0.3) is 0 Å². The van der Waals surface area contributed by atoms with Gasteiger partial charge < -0.3 is 5.32 Å². The van der Waals surface area contributed by atoms with Gasteiger partial charge in [0.1, 0.15) is 0 Å². The standard InChI is InChI=1S/C12H18N2O2/c1-2-13-7-8-14-11(15)9-5-3-4-6-10(9)12(14)16/h3-4,9-10,13H,2,5-8H2,1H3/t9-,10+. The quantitative estimate of drug-likeness (QED) is 0.429. The summed E-state index contributed by atoms with van der Waals surface area (Å²) < 4.78 is 0. The number of carbonyl (C=O) groups is 2. The van der Waals surface area contributed by atoms with Crippen LogP contribution >= 0.6 is 0 Å². The molecule has 0 spiro atoms. The van der Waals surface area contributed by atoms with Gasteiger partial charge in [0.2, 0.25) is 11.8 Å². The normalized spacial score (nSPS) is 28.7. The minimum absolute atomic E-state index is 0.0252. The summed E-state index contributed by atoms with van der Waals surface area (Å²) in [7, 11) is 0. The predicted octanol–water partition coefficient (Wildman–Crippen LogP) is 0.547. The molecule has 0 aromatic heterocycles. The molecule has 1 aliphatic carbocycles. The number of allylic oxidation sites excluding steroid dienone is 2. The summed E-state index contributed by atoms with van der Waals surface area (Å²) in [6.07, 6.45) is 5.49. The molecule has 1 fully saturated rings. The number of hydrogen-bond donors (Lipinski definition) is 1. The lowest BCUT2D eigenvalue weighted by Crippen LogP contribution is -2.37. The van der Waals surface area contributed by atoms with Crippen molar-refractivity contribution in [2.75, 3.05) is 19.6 Å². The average molecular weight is 222 g/mol. The highest BCUT2D eigenvalue weighted by atomic mass is 16.2. The maximum atomic E-state index is 12.0. The molecule has 1 saturated heterocycles. The van der Waals surface area contributed by atoms with Crippen molar-refractivity contribution >= 4 is 11.8 Å². The third kappa shape index (κ3) is 1.89. The van der Waals surface area contributed by atoms with Gasteiger partial charge in [0.15, 0.2) is 0 Å². The van der Waals surface area contributed by atoms with Crippen LogP contribution in [0.5, 0.6) is 0 Å². The highest BCUT2D eigenvalue weighted by Gasteiger charge is 2.46. The van der Waals surface area contributed by atoms with E-state index >= 15 is 0 Å². The molecule has 0 aromatic carbocycles. The number of likely N-dealkylation sites (N-methyl/N-ethyl adjacent to an activating group) is 1. The Balaban J connectivity index is 2.00. The average Bonchev–Trinajstić information content (AvgIpc) is 2.55. The van der Waals surface area contributed by atoms with Gasteiger partial charge in [-0.05, 0) is 19.4 Å². The Morgan fingerprint density at radius 2 is 1.81 bits per heavy atom. The second-order valence-corrected chi connectivity index (χ2v) is 4.34. The number of imide groups is 1. The van der Waals surface area contributed by atoms with Gasteiger partial charge >= 0.3 is 0 Å². The van der Waals surface area contributed by atoms with Crippen molar-refractivity contribution in [2.24, 2.45) is 11.8 Å². The van der Waals surface area contributed by atoms with Crippen molar-refractivity contribution in [3.05, 3.63) is 12.2 Å². The van der Waals surface area contributed by atoms with E-state index in [2.05, 4.69) is 5.32 Å². The number of likely N-dealkylation sites (tertiary alicyclic amines) is 1. The van der Waals surface area contributed by atoms with Gasteiger partial charge in [-0.2, -0.15) is 0 Å². The van der Waals surface area contributed by atoms with Crippen molar-refractivity contribution in [2.45, 2.75) is 19.8 Å². The number of rotatable bonds is 4. The summed E-state index contributed by atoms with van der Waals surface area (Å²) in [6.45, 7) is 4.08. The van der Waals surface area contributed by atoms with Crippen molar-refractivity contribution in [3.8, 4) is 0 Å². The molecule has 16 heavy (non-hydrogen) atoms. The lowest BCUT2D eigenvalue weighted by molar-refractivity contribution is -0.139. The lowest BCUT2D eigenvalue weighted by Gasteiger charge is -2.14. The fourth-order valence-corrected chi connectivity index (χ4v) is 2.46. The molecular formula is C12H18N2O2. The van der Waals surface area contributed by atoms with Gasteiger partial charge in [-0.1, -0.05) is 19.1 Å². The lowest BCUT2D eigenvalue weighted by atomic mass is 9.85. The molecule has 2 amide bonds. The van der Waals surface area contributed by atoms with Crippen LogP contribution < -0.4 is 5.32 Å². The Hall–Kier alpha value is -1.16. The van der Waals surface area contributed by atoms with E-state index in [4.69, 9.17) is 0 Å². The second kappa shape index (κ2) is 4.78. The summed E-state index contributed by atoms with van der Waals surface area (Å²) in [5.74, 6) is -0.118. The number of nitrogens with zero attached hydrogens (tertiary/aromatic N) is 1. The van der Waals surface area contributed by atoms with E-state index in [0.29, 0.717) is 13.1 Å². The molecule has 0 unspecified atom stereocenters. The molecule has 2 rings (SSSR count). The summed E-state index contributed by atoms with van der Waals surface area (Å²) >= 11 is 0. The zero-order valence-electron chi connectivity index (χ0n) is 9.61. The Morgan fingerprint density at radius 1 is 1.25 bits per heavy atom. The molecule has 1 N–H and O–H groups in total. The Kier molecular flexibility index (Phi) is 3.39. The second-order valence-electron chi connectivity index (χ2n) is 4.34. The first-order chi connectivity index (χ1) is 7.75. The van der Waals surface area contributed by atoms with Gasteiger partial charge in [-0.25, -0.2) is 0 Å². The van der Waals surface area contributed by atoms with Gasteiger partial charge in [0.05, 0.1) is 11.8 Å². The molecule has 88 valence electrons. The molecule has 2 aliphatic rings.